The molecule has 2 aromatic carbocycles. The Morgan fingerprint density at radius 3 is 2.24 bits per heavy atom. The standard InChI is InChI=1S/C18H22INO/c1-3-20-14(2)12-15-6-10-18(11-7-15)21-13-16-4-8-17(19)9-5-16/h4-11,14,20H,3,12-13H2,1-2H3. The predicted octanol–water partition coefficient (Wildman–Crippen LogP) is 4.41. The van der Waals surface area contributed by atoms with Crippen molar-refractivity contribution in [3.8, 4) is 5.75 Å². The summed E-state index contributed by atoms with van der Waals surface area (Å²) in [5.74, 6) is 0.924. The second-order valence-corrected chi connectivity index (χ2v) is 6.47. The van der Waals surface area contributed by atoms with Crippen LogP contribution < -0.4 is 10.1 Å². The minimum absolute atomic E-state index is 0.508. The first-order chi connectivity index (χ1) is 10.2. The van der Waals surface area contributed by atoms with Crippen LogP contribution in [-0.4, -0.2) is 12.6 Å². The van der Waals surface area contributed by atoms with Gasteiger partial charge in [-0.15, -0.1) is 0 Å². The van der Waals surface area contributed by atoms with Gasteiger partial charge in [0, 0.05) is 9.61 Å². The maximum absolute atomic E-state index is 5.82. The van der Waals surface area contributed by atoms with E-state index in [1.807, 2.05) is 0 Å². The van der Waals surface area contributed by atoms with E-state index in [-0.39, 0.29) is 0 Å². The van der Waals surface area contributed by atoms with Crippen LogP contribution in [0.25, 0.3) is 0 Å². The molecule has 0 fully saturated rings. The second kappa shape index (κ2) is 8.39. The van der Waals surface area contributed by atoms with Gasteiger partial charge in [0.2, 0.25) is 0 Å². The van der Waals surface area contributed by atoms with Crippen LogP contribution in [0, 0.1) is 3.57 Å². The van der Waals surface area contributed by atoms with Crippen LogP contribution >= 0.6 is 22.6 Å². The smallest absolute Gasteiger partial charge is 0.119 e. The van der Waals surface area contributed by atoms with Gasteiger partial charge in [-0.1, -0.05) is 31.2 Å². The number of hydrogen-bond donors (Lipinski definition) is 1. The monoisotopic (exact) mass is 395 g/mol. The zero-order valence-electron chi connectivity index (χ0n) is 12.6. The van der Waals surface area contributed by atoms with Gasteiger partial charge in [-0.25, -0.2) is 0 Å². The predicted molar refractivity (Wildman–Crippen MR) is 96.8 cm³/mol. The van der Waals surface area contributed by atoms with E-state index in [0.29, 0.717) is 12.6 Å². The number of ether oxygens (including phenoxy) is 1. The Kier molecular flexibility index (Phi) is 6.51. The summed E-state index contributed by atoms with van der Waals surface area (Å²) in [5.41, 5.74) is 2.53. The SMILES string of the molecule is CCNC(C)Cc1ccc(OCc2ccc(I)cc2)cc1. The van der Waals surface area contributed by atoms with Crippen molar-refractivity contribution >= 4 is 22.6 Å². The number of halogens is 1. The topological polar surface area (TPSA) is 21.3 Å². The number of nitrogens with one attached hydrogen (secondary N) is 1. The molecule has 0 aromatic heterocycles. The van der Waals surface area contributed by atoms with Crippen molar-refractivity contribution in [1.29, 1.82) is 0 Å². The molecule has 0 aliphatic carbocycles. The third-order valence-electron chi connectivity index (χ3n) is 3.34. The molecule has 0 bridgehead atoms. The number of benzene rings is 2. The Morgan fingerprint density at radius 2 is 1.62 bits per heavy atom. The summed E-state index contributed by atoms with van der Waals surface area (Å²) in [7, 11) is 0. The highest BCUT2D eigenvalue weighted by atomic mass is 127. The molecule has 0 heterocycles. The van der Waals surface area contributed by atoms with E-state index < -0.39 is 0 Å². The van der Waals surface area contributed by atoms with Crippen molar-refractivity contribution in [2.75, 3.05) is 6.54 Å². The number of likely N-dealkylation sites (N-methyl/N-ethyl adjacent to an activating group) is 1. The van der Waals surface area contributed by atoms with Crippen molar-refractivity contribution in [3.05, 3.63) is 63.2 Å². The lowest BCUT2D eigenvalue weighted by atomic mass is 10.1. The lowest BCUT2D eigenvalue weighted by Gasteiger charge is -2.12. The molecule has 1 unspecified atom stereocenters. The van der Waals surface area contributed by atoms with Crippen molar-refractivity contribution in [1.82, 2.24) is 5.32 Å². The van der Waals surface area contributed by atoms with Crippen LogP contribution in [0.3, 0.4) is 0 Å². The van der Waals surface area contributed by atoms with Crippen LogP contribution in [0.5, 0.6) is 5.75 Å². The summed E-state index contributed by atoms with van der Waals surface area (Å²) < 4.78 is 7.07. The minimum Gasteiger partial charge on any atom is -0.489 e. The van der Waals surface area contributed by atoms with Gasteiger partial charge in [-0.2, -0.15) is 0 Å². The molecule has 0 aliphatic heterocycles. The van der Waals surface area contributed by atoms with Gasteiger partial charge in [0.1, 0.15) is 12.4 Å². The molecular weight excluding hydrogens is 373 g/mol. The number of rotatable bonds is 7. The normalized spacial score (nSPS) is 12.1. The maximum Gasteiger partial charge on any atom is 0.119 e. The van der Waals surface area contributed by atoms with Crippen molar-refractivity contribution in [2.24, 2.45) is 0 Å². The van der Waals surface area contributed by atoms with E-state index in [4.69, 9.17) is 4.74 Å². The average Bonchev–Trinajstić information content (AvgIpc) is 2.48. The molecule has 1 N–H and O–H groups in total. The fourth-order valence-electron chi connectivity index (χ4n) is 2.24. The van der Waals surface area contributed by atoms with Gasteiger partial charge in [-0.3, -0.25) is 0 Å². The summed E-state index contributed by atoms with van der Waals surface area (Å²) in [6.45, 7) is 5.98. The van der Waals surface area contributed by atoms with Crippen LogP contribution in [0.15, 0.2) is 48.5 Å². The third-order valence-corrected chi connectivity index (χ3v) is 4.06. The maximum atomic E-state index is 5.82. The van der Waals surface area contributed by atoms with E-state index >= 15 is 0 Å². The molecule has 1 atom stereocenters. The molecule has 0 saturated heterocycles. The van der Waals surface area contributed by atoms with Crippen LogP contribution in [0.1, 0.15) is 25.0 Å². The fraction of sp³-hybridized carbons (Fsp3) is 0.333. The molecular formula is C18H22INO. The number of hydrogen-bond acceptors (Lipinski definition) is 2. The van der Waals surface area contributed by atoms with E-state index in [2.05, 4.69) is 90.3 Å². The molecule has 0 saturated carbocycles. The Labute approximate surface area is 141 Å². The summed E-state index contributed by atoms with van der Waals surface area (Å²) >= 11 is 2.31. The molecule has 3 heteroatoms. The summed E-state index contributed by atoms with van der Waals surface area (Å²) in [6, 6.07) is 17.3. The second-order valence-electron chi connectivity index (χ2n) is 5.22. The van der Waals surface area contributed by atoms with Crippen LogP contribution in [0.2, 0.25) is 0 Å². The molecule has 2 nitrogen and oxygen atoms in total. The lowest BCUT2D eigenvalue weighted by molar-refractivity contribution is 0.306. The Morgan fingerprint density at radius 1 is 1.00 bits per heavy atom. The zero-order valence-corrected chi connectivity index (χ0v) is 14.8. The summed E-state index contributed by atoms with van der Waals surface area (Å²) in [5, 5.41) is 3.43. The molecule has 0 radical (unpaired) electrons. The van der Waals surface area contributed by atoms with Gasteiger partial charge < -0.3 is 10.1 Å². The minimum atomic E-state index is 0.508. The Bertz CT molecular complexity index is 536. The first-order valence-electron chi connectivity index (χ1n) is 7.37. The van der Waals surface area contributed by atoms with Gasteiger partial charge in [0.05, 0.1) is 0 Å². The van der Waals surface area contributed by atoms with E-state index in [1.165, 1.54) is 14.7 Å². The molecule has 21 heavy (non-hydrogen) atoms. The van der Waals surface area contributed by atoms with Gasteiger partial charge >= 0.3 is 0 Å². The van der Waals surface area contributed by atoms with Gasteiger partial charge in [0.15, 0.2) is 0 Å². The van der Waals surface area contributed by atoms with E-state index in [0.717, 1.165) is 18.7 Å². The van der Waals surface area contributed by atoms with Crippen LogP contribution in [-0.2, 0) is 13.0 Å². The van der Waals surface area contributed by atoms with Crippen molar-refractivity contribution < 1.29 is 4.74 Å². The Hall–Kier alpha value is -1.07. The van der Waals surface area contributed by atoms with Crippen molar-refractivity contribution in [2.45, 2.75) is 32.9 Å². The first-order valence-corrected chi connectivity index (χ1v) is 8.45. The van der Waals surface area contributed by atoms with E-state index in [9.17, 15) is 0 Å². The van der Waals surface area contributed by atoms with Crippen LogP contribution in [0.4, 0.5) is 0 Å². The van der Waals surface area contributed by atoms with E-state index in [1.54, 1.807) is 0 Å². The molecule has 0 spiro atoms. The third kappa shape index (κ3) is 5.67. The molecule has 0 amide bonds. The van der Waals surface area contributed by atoms with Gasteiger partial charge in [0.25, 0.3) is 0 Å². The lowest BCUT2D eigenvalue weighted by Crippen LogP contribution is -2.27. The largest absolute Gasteiger partial charge is 0.489 e. The fourth-order valence-corrected chi connectivity index (χ4v) is 2.60. The molecule has 112 valence electrons. The van der Waals surface area contributed by atoms with Gasteiger partial charge in [-0.05, 0) is 77.9 Å². The average molecular weight is 395 g/mol. The molecule has 2 aromatic rings. The highest BCUT2D eigenvalue weighted by Crippen LogP contribution is 2.16. The highest BCUT2D eigenvalue weighted by molar-refractivity contribution is 14.1. The quantitative estimate of drug-likeness (QED) is 0.702. The molecule has 0 aliphatic rings. The Balaban J connectivity index is 1.86. The van der Waals surface area contributed by atoms with Crippen molar-refractivity contribution in [3.63, 3.8) is 0 Å². The highest BCUT2D eigenvalue weighted by Gasteiger charge is 2.02. The first kappa shape index (κ1) is 16.3. The molecule has 2 rings (SSSR count). The summed E-state index contributed by atoms with van der Waals surface area (Å²) in [4.78, 5) is 0. The zero-order chi connectivity index (χ0) is 15.1. The summed E-state index contributed by atoms with van der Waals surface area (Å²) in [6.07, 6.45) is 1.05.